The molecule has 1 aromatic heterocycles. The van der Waals surface area contributed by atoms with Crippen molar-refractivity contribution in [2.75, 3.05) is 5.43 Å². The lowest BCUT2D eigenvalue weighted by Crippen LogP contribution is -2.30. The molecule has 0 unspecified atom stereocenters. The molecule has 0 aliphatic heterocycles. The maximum atomic E-state index is 11.0. The molecular weight excluding hydrogens is 210 g/mol. The third-order valence-electron chi connectivity index (χ3n) is 1.36. The zero-order chi connectivity index (χ0) is 11.4. The number of nitrogens with one attached hydrogen (secondary N) is 4. The van der Waals surface area contributed by atoms with Crippen molar-refractivity contribution >= 4 is 17.9 Å². The summed E-state index contributed by atoms with van der Waals surface area (Å²) in [6.07, 6.45) is 0.184. The Morgan fingerprint density at radius 3 is 2.53 bits per heavy atom. The van der Waals surface area contributed by atoms with Crippen LogP contribution in [0.5, 0.6) is 0 Å². The summed E-state index contributed by atoms with van der Waals surface area (Å²) in [4.78, 5) is 44.7. The first kappa shape index (κ1) is 10.4. The van der Waals surface area contributed by atoms with Gasteiger partial charge in [-0.15, -0.1) is 0 Å². The van der Waals surface area contributed by atoms with Crippen molar-refractivity contribution in [3.63, 3.8) is 0 Å². The maximum absolute atomic E-state index is 11.0. The Bertz CT molecular complexity index is 501. The standard InChI is InChI=1S/C5H5N5O5/c11-1-6-9-3-2(10(14)15)4(12)8-5(13)7-3/h1H,(H,6,11)(H3,7,8,9,12,13). The lowest BCUT2D eigenvalue weighted by atomic mass is 10.5. The highest BCUT2D eigenvalue weighted by molar-refractivity contribution is 5.57. The molecular formula is C5H5N5O5. The number of carbonyl (C=O) groups excluding carboxylic acids is 1. The van der Waals surface area contributed by atoms with Crippen molar-refractivity contribution in [3.05, 3.63) is 31.0 Å². The number of anilines is 1. The Morgan fingerprint density at radius 1 is 1.33 bits per heavy atom. The molecule has 0 aromatic carbocycles. The zero-order valence-corrected chi connectivity index (χ0v) is 7.07. The minimum Gasteiger partial charge on any atom is -0.286 e. The first-order valence-corrected chi connectivity index (χ1v) is 3.52. The largest absolute Gasteiger partial charge is 0.375 e. The number of hydrogen-bond donors (Lipinski definition) is 4. The number of nitro groups is 1. The van der Waals surface area contributed by atoms with E-state index in [-0.39, 0.29) is 6.41 Å². The normalized spacial score (nSPS) is 9.33. The first-order valence-electron chi connectivity index (χ1n) is 3.52. The van der Waals surface area contributed by atoms with Gasteiger partial charge in [0.1, 0.15) is 0 Å². The summed E-state index contributed by atoms with van der Waals surface area (Å²) in [5, 5.41) is 10.4. The Morgan fingerprint density at radius 2 is 2.00 bits per heavy atom. The second kappa shape index (κ2) is 4.04. The summed E-state index contributed by atoms with van der Waals surface area (Å²) in [5.41, 5.74) is 0.850. The van der Waals surface area contributed by atoms with Gasteiger partial charge >= 0.3 is 16.9 Å². The highest BCUT2D eigenvalue weighted by atomic mass is 16.6. The number of hydrazine groups is 1. The van der Waals surface area contributed by atoms with Crippen LogP contribution in [0.25, 0.3) is 0 Å². The number of H-pyrrole nitrogens is 2. The molecule has 80 valence electrons. The summed E-state index contributed by atoms with van der Waals surface area (Å²) < 4.78 is 0. The summed E-state index contributed by atoms with van der Waals surface area (Å²) in [6, 6.07) is 0. The van der Waals surface area contributed by atoms with Crippen molar-refractivity contribution in [2.24, 2.45) is 0 Å². The van der Waals surface area contributed by atoms with E-state index in [2.05, 4.69) is 0 Å². The molecule has 0 spiro atoms. The second-order valence-corrected chi connectivity index (χ2v) is 2.28. The number of hydrogen-bond acceptors (Lipinski definition) is 6. The minimum atomic E-state index is -1.17. The third-order valence-corrected chi connectivity index (χ3v) is 1.36. The van der Waals surface area contributed by atoms with Gasteiger partial charge in [-0.3, -0.25) is 40.5 Å². The number of rotatable bonds is 4. The average molecular weight is 215 g/mol. The van der Waals surface area contributed by atoms with Crippen LogP contribution in [0.4, 0.5) is 11.5 Å². The molecule has 4 N–H and O–H groups in total. The monoisotopic (exact) mass is 215 g/mol. The van der Waals surface area contributed by atoms with Gasteiger partial charge in [0, 0.05) is 0 Å². The van der Waals surface area contributed by atoms with Gasteiger partial charge in [-0.2, -0.15) is 0 Å². The molecule has 1 aromatic rings. The lowest BCUT2D eigenvalue weighted by molar-refractivity contribution is -0.385. The van der Waals surface area contributed by atoms with Crippen LogP contribution in [0, 0.1) is 10.1 Å². The second-order valence-electron chi connectivity index (χ2n) is 2.28. The van der Waals surface area contributed by atoms with Crippen molar-refractivity contribution in [2.45, 2.75) is 0 Å². The van der Waals surface area contributed by atoms with Gasteiger partial charge in [-0.1, -0.05) is 0 Å². The van der Waals surface area contributed by atoms with E-state index >= 15 is 0 Å². The van der Waals surface area contributed by atoms with E-state index in [0.717, 1.165) is 0 Å². The van der Waals surface area contributed by atoms with Crippen molar-refractivity contribution in [1.82, 2.24) is 15.4 Å². The molecule has 15 heavy (non-hydrogen) atoms. The number of aromatic nitrogens is 2. The van der Waals surface area contributed by atoms with E-state index in [0.29, 0.717) is 0 Å². The molecule has 0 aliphatic carbocycles. The summed E-state index contributed by atoms with van der Waals surface area (Å²) in [7, 11) is 0. The van der Waals surface area contributed by atoms with Crippen molar-refractivity contribution in [1.29, 1.82) is 0 Å². The van der Waals surface area contributed by atoms with E-state index in [1.807, 2.05) is 15.8 Å². The van der Waals surface area contributed by atoms with Crippen LogP contribution in [0.1, 0.15) is 0 Å². The molecule has 0 radical (unpaired) electrons. The van der Waals surface area contributed by atoms with E-state index in [1.165, 1.54) is 0 Å². The van der Waals surface area contributed by atoms with E-state index in [4.69, 9.17) is 0 Å². The van der Waals surface area contributed by atoms with Gasteiger partial charge in [0.15, 0.2) is 0 Å². The van der Waals surface area contributed by atoms with Gasteiger partial charge in [0.05, 0.1) is 4.92 Å². The fourth-order valence-corrected chi connectivity index (χ4v) is 0.846. The zero-order valence-electron chi connectivity index (χ0n) is 7.07. The molecule has 1 rings (SSSR count). The molecule has 0 saturated heterocycles. The molecule has 0 bridgehead atoms. The number of nitrogens with zero attached hydrogens (tertiary/aromatic N) is 1. The minimum absolute atomic E-state index is 0.184. The Balaban J connectivity index is 3.33. The number of amides is 1. The fraction of sp³-hybridized carbons (Fsp3) is 0. The number of carbonyl (C=O) groups is 1. The predicted octanol–water partition coefficient (Wildman–Crippen LogP) is -1.96. The smallest absolute Gasteiger partial charge is 0.286 e. The van der Waals surface area contributed by atoms with Crippen LogP contribution in [0.15, 0.2) is 9.59 Å². The van der Waals surface area contributed by atoms with Crippen molar-refractivity contribution < 1.29 is 9.72 Å². The Hall–Kier alpha value is -2.65. The van der Waals surface area contributed by atoms with E-state index in [9.17, 15) is 24.5 Å². The lowest BCUT2D eigenvalue weighted by Gasteiger charge is -2.02. The van der Waals surface area contributed by atoms with Crippen LogP contribution < -0.4 is 22.1 Å². The highest BCUT2D eigenvalue weighted by Gasteiger charge is 2.20. The molecule has 1 amide bonds. The number of aromatic amines is 2. The van der Waals surface area contributed by atoms with Crippen molar-refractivity contribution in [3.8, 4) is 0 Å². The SMILES string of the molecule is O=CNNc1[nH]c(=O)[nH]c(=O)c1[N+](=O)[O-]. The van der Waals surface area contributed by atoms with Crippen LogP contribution in [0.3, 0.4) is 0 Å². The topological polar surface area (TPSA) is 150 Å². The third kappa shape index (κ3) is 2.18. The molecule has 0 aliphatic rings. The predicted molar refractivity (Wildman–Crippen MR) is 47.2 cm³/mol. The van der Waals surface area contributed by atoms with Gasteiger partial charge in [-0.25, -0.2) is 4.79 Å². The molecule has 10 nitrogen and oxygen atoms in total. The van der Waals surface area contributed by atoms with Crippen LogP contribution in [0.2, 0.25) is 0 Å². The van der Waals surface area contributed by atoms with Crippen LogP contribution in [-0.4, -0.2) is 21.3 Å². The summed E-state index contributed by atoms with van der Waals surface area (Å²) in [6.45, 7) is 0. The van der Waals surface area contributed by atoms with Crippen LogP contribution in [-0.2, 0) is 4.79 Å². The average Bonchev–Trinajstić information content (AvgIpc) is 2.12. The molecule has 0 fully saturated rings. The molecule has 0 atom stereocenters. The van der Waals surface area contributed by atoms with E-state index in [1.54, 1.807) is 4.98 Å². The molecule has 10 heteroatoms. The Labute approximate surface area is 80.4 Å². The first-order chi connectivity index (χ1) is 7.06. The maximum Gasteiger partial charge on any atom is 0.375 e. The van der Waals surface area contributed by atoms with Gasteiger partial charge in [0.25, 0.3) is 0 Å². The van der Waals surface area contributed by atoms with Gasteiger partial charge in [-0.05, 0) is 0 Å². The van der Waals surface area contributed by atoms with Gasteiger partial charge < -0.3 is 0 Å². The quantitative estimate of drug-likeness (QED) is 0.260. The highest BCUT2D eigenvalue weighted by Crippen LogP contribution is 2.11. The van der Waals surface area contributed by atoms with Gasteiger partial charge in [0.2, 0.25) is 12.2 Å². The van der Waals surface area contributed by atoms with Crippen LogP contribution >= 0.6 is 0 Å². The molecule has 0 saturated carbocycles. The summed E-state index contributed by atoms with van der Waals surface area (Å²) in [5.74, 6) is -0.499. The molecule has 1 heterocycles. The Kier molecular flexibility index (Phi) is 2.81. The summed E-state index contributed by atoms with van der Waals surface area (Å²) >= 11 is 0. The van der Waals surface area contributed by atoms with E-state index < -0.39 is 27.7 Å². The fourth-order valence-electron chi connectivity index (χ4n) is 0.846.